The molecule has 0 bridgehead atoms. The standard InChI is InChI=1S/C26H28N4O3/c1-18(12-13-19-8-5-4-6-9-19)28-23(31)16-30-17-27-24-22(15-29(2)25(24)26(30)32)20-10-7-11-21(14-20)33-3/h4-11,14-15,17-18H,12-13,16H2,1-3H3,(H,28,31). The molecule has 4 rings (SSSR count). The molecule has 0 aliphatic carbocycles. The second kappa shape index (κ2) is 9.73. The third kappa shape index (κ3) is 4.98. The van der Waals surface area contributed by atoms with Gasteiger partial charge in [0.05, 0.1) is 13.4 Å². The van der Waals surface area contributed by atoms with Crippen molar-refractivity contribution in [1.29, 1.82) is 0 Å². The average Bonchev–Trinajstić information content (AvgIpc) is 3.17. The minimum Gasteiger partial charge on any atom is -0.497 e. The van der Waals surface area contributed by atoms with Gasteiger partial charge in [-0.05, 0) is 43.0 Å². The zero-order valence-corrected chi connectivity index (χ0v) is 19.1. The van der Waals surface area contributed by atoms with Crippen molar-refractivity contribution in [2.24, 2.45) is 7.05 Å². The lowest BCUT2D eigenvalue weighted by Gasteiger charge is -2.14. The van der Waals surface area contributed by atoms with Crippen LogP contribution < -0.4 is 15.6 Å². The van der Waals surface area contributed by atoms with Crippen LogP contribution in [0.1, 0.15) is 18.9 Å². The zero-order valence-electron chi connectivity index (χ0n) is 19.1. The van der Waals surface area contributed by atoms with Crippen molar-refractivity contribution < 1.29 is 9.53 Å². The molecule has 1 atom stereocenters. The summed E-state index contributed by atoms with van der Waals surface area (Å²) >= 11 is 0. The van der Waals surface area contributed by atoms with E-state index in [1.54, 1.807) is 11.7 Å². The molecular formula is C26H28N4O3. The van der Waals surface area contributed by atoms with E-state index in [2.05, 4.69) is 22.4 Å². The molecular weight excluding hydrogens is 416 g/mol. The van der Waals surface area contributed by atoms with E-state index in [-0.39, 0.29) is 24.1 Å². The van der Waals surface area contributed by atoms with Crippen LogP contribution in [0, 0.1) is 0 Å². The monoisotopic (exact) mass is 444 g/mol. The number of carbonyl (C=O) groups is 1. The van der Waals surface area contributed by atoms with Crippen LogP contribution in [0.5, 0.6) is 5.75 Å². The second-order valence-electron chi connectivity index (χ2n) is 8.25. The number of fused-ring (bicyclic) bond motifs is 1. The number of aromatic nitrogens is 3. The SMILES string of the molecule is COc1cccc(-c2cn(C)c3c(=O)n(CC(=O)NC(C)CCc4ccccc4)cnc23)c1. The summed E-state index contributed by atoms with van der Waals surface area (Å²) < 4.78 is 8.44. The molecule has 2 heterocycles. The molecule has 4 aromatic rings. The number of nitrogens with zero attached hydrogens (tertiary/aromatic N) is 3. The van der Waals surface area contributed by atoms with E-state index < -0.39 is 0 Å². The molecule has 7 nitrogen and oxygen atoms in total. The molecule has 170 valence electrons. The first kappa shape index (κ1) is 22.3. The first-order valence-corrected chi connectivity index (χ1v) is 11.0. The van der Waals surface area contributed by atoms with Crippen molar-refractivity contribution in [2.75, 3.05) is 7.11 Å². The summed E-state index contributed by atoms with van der Waals surface area (Å²) in [7, 11) is 3.43. The highest BCUT2D eigenvalue weighted by atomic mass is 16.5. The molecule has 33 heavy (non-hydrogen) atoms. The van der Waals surface area contributed by atoms with E-state index in [0.717, 1.165) is 29.7 Å². The van der Waals surface area contributed by atoms with Crippen LogP contribution >= 0.6 is 0 Å². The summed E-state index contributed by atoms with van der Waals surface area (Å²) in [6.45, 7) is 1.90. The largest absolute Gasteiger partial charge is 0.497 e. The Morgan fingerprint density at radius 3 is 2.70 bits per heavy atom. The molecule has 2 aromatic heterocycles. The third-order valence-corrected chi connectivity index (χ3v) is 5.76. The second-order valence-corrected chi connectivity index (χ2v) is 8.25. The first-order valence-electron chi connectivity index (χ1n) is 11.0. The van der Waals surface area contributed by atoms with Gasteiger partial charge >= 0.3 is 0 Å². The normalized spacial score (nSPS) is 12.0. The summed E-state index contributed by atoms with van der Waals surface area (Å²) in [4.78, 5) is 30.3. The maximum Gasteiger partial charge on any atom is 0.278 e. The summed E-state index contributed by atoms with van der Waals surface area (Å²) in [5.41, 5.74) is 3.80. The first-order chi connectivity index (χ1) is 16.0. The molecule has 1 N–H and O–H groups in total. The van der Waals surface area contributed by atoms with Crippen LogP contribution in [0.25, 0.3) is 22.2 Å². The Labute approximate surface area is 192 Å². The predicted octanol–water partition coefficient (Wildman–Crippen LogP) is 3.55. The number of ether oxygens (including phenoxy) is 1. The molecule has 2 aromatic carbocycles. The number of hydrogen-bond donors (Lipinski definition) is 1. The summed E-state index contributed by atoms with van der Waals surface area (Å²) in [6.07, 6.45) is 5.03. The third-order valence-electron chi connectivity index (χ3n) is 5.76. The van der Waals surface area contributed by atoms with Crippen molar-refractivity contribution >= 4 is 16.9 Å². The van der Waals surface area contributed by atoms with Crippen LogP contribution in [0.4, 0.5) is 0 Å². The predicted molar refractivity (Wildman–Crippen MR) is 129 cm³/mol. The molecule has 0 saturated carbocycles. The van der Waals surface area contributed by atoms with E-state index >= 15 is 0 Å². The highest BCUT2D eigenvalue weighted by Gasteiger charge is 2.17. The van der Waals surface area contributed by atoms with E-state index in [4.69, 9.17) is 4.74 Å². The number of rotatable bonds is 8. The van der Waals surface area contributed by atoms with Gasteiger partial charge in [-0.1, -0.05) is 42.5 Å². The quantitative estimate of drug-likeness (QED) is 0.451. The lowest BCUT2D eigenvalue weighted by molar-refractivity contribution is -0.122. The van der Waals surface area contributed by atoms with E-state index in [1.165, 1.54) is 16.5 Å². The Morgan fingerprint density at radius 1 is 1.15 bits per heavy atom. The zero-order chi connectivity index (χ0) is 23.4. The maximum absolute atomic E-state index is 13.1. The number of carbonyl (C=O) groups excluding carboxylic acids is 1. The van der Waals surface area contributed by atoms with Crippen LogP contribution in [0.2, 0.25) is 0 Å². The van der Waals surface area contributed by atoms with Gasteiger partial charge in [0.1, 0.15) is 23.3 Å². The molecule has 0 aliphatic heterocycles. The van der Waals surface area contributed by atoms with Crippen molar-refractivity contribution in [1.82, 2.24) is 19.4 Å². The Morgan fingerprint density at radius 2 is 1.94 bits per heavy atom. The number of aryl methyl sites for hydroxylation is 2. The smallest absolute Gasteiger partial charge is 0.278 e. The van der Waals surface area contributed by atoms with Gasteiger partial charge in [-0.15, -0.1) is 0 Å². The van der Waals surface area contributed by atoms with Gasteiger partial charge in [-0.3, -0.25) is 14.2 Å². The lowest BCUT2D eigenvalue weighted by Crippen LogP contribution is -2.37. The molecule has 0 aliphatic rings. The van der Waals surface area contributed by atoms with Crippen molar-refractivity contribution in [3.8, 4) is 16.9 Å². The fraction of sp³-hybridized carbons (Fsp3) is 0.269. The number of amides is 1. The molecule has 0 fully saturated rings. The molecule has 0 spiro atoms. The molecule has 1 amide bonds. The molecule has 1 unspecified atom stereocenters. The highest BCUT2D eigenvalue weighted by Crippen LogP contribution is 2.29. The minimum atomic E-state index is -0.247. The van der Waals surface area contributed by atoms with E-state index in [9.17, 15) is 9.59 Å². The van der Waals surface area contributed by atoms with Gasteiger partial charge in [-0.2, -0.15) is 0 Å². The molecule has 0 radical (unpaired) electrons. The Hall–Kier alpha value is -3.87. The number of methoxy groups -OCH3 is 1. The summed E-state index contributed by atoms with van der Waals surface area (Å²) in [5, 5.41) is 2.99. The Bertz CT molecular complexity index is 1320. The van der Waals surface area contributed by atoms with Gasteiger partial charge in [0.15, 0.2) is 0 Å². The van der Waals surface area contributed by atoms with E-state index in [0.29, 0.717) is 11.0 Å². The molecule has 7 heteroatoms. The number of benzene rings is 2. The minimum absolute atomic E-state index is 0.000187. The van der Waals surface area contributed by atoms with Gasteiger partial charge in [0.2, 0.25) is 5.91 Å². The summed E-state index contributed by atoms with van der Waals surface area (Å²) in [5.74, 6) is 0.525. The van der Waals surface area contributed by atoms with Gasteiger partial charge < -0.3 is 14.6 Å². The lowest BCUT2D eigenvalue weighted by atomic mass is 10.1. The van der Waals surface area contributed by atoms with Crippen molar-refractivity contribution in [3.05, 3.63) is 83.0 Å². The fourth-order valence-electron chi connectivity index (χ4n) is 4.00. The van der Waals surface area contributed by atoms with E-state index in [1.807, 2.05) is 62.6 Å². The topological polar surface area (TPSA) is 78.1 Å². The number of nitrogens with one attached hydrogen (secondary N) is 1. The number of hydrogen-bond acceptors (Lipinski definition) is 4. The van der Waals surface area contributed by atoms with Crippen LogP contribution in [-0.4, -0.2) is 33.2 Å². The van der Waals surface area contributed by atoms with Gasteiger partial charge in [0.25, 0.3) is 5.56 Å². The average molecular weight is 445 g/mol. The maximum atomic E-state index is 13.1. The van der Waals surface area contributed by atoms with Crippen LogP contribution in [0.15, 0.2) is 71.9 Å². The molecule has 0 saturated heterocycles. The van der Waals surface area contributed by atoms with Gasteiger partial charge in [-0.25, -0.2) is 4.98 Å². The van der Waals surface area contributed by atoms with Crippen LogP contribution in [0.3, 0.4) is 0 Å². The van der Waals surface area contributed by atoms with Gasteiger partial charge in [0, 0.05) is 24.8 Å². The van der Waals surface area contributed by atoms with Crippen molar-refractivity contribution in [2.45, 2.75) is 32.4 Å². The Balaban J connectivity index is 1.49. The van der Waals surface area contributed by atoms with Crippen molar-refractivity contribution in [3.63, 3.8) is 0 Å². The summed E-state index contributed by atoms with van der Waals surface area (Å²) in [6, 6.07) is 17.8. The highest BCUT2D eigenvalue weighted by molar-refractivity contribution is 5.92. The van der Waals surface area contributed by atoms with Crippen LogP contribution in [-0.2, 0) is 24.8 Å². The Kier molecular flexibility index (Phi) is 6.58. The fourth-order valence-corrected chi connectivity index (χ4v) is 4.00.